The number of nitrogens with one attached hydrogen (secondary N) is 1. The number of nitrogens with zero attached hydrogens (tertiary/aromatic N) is 2. The highest BCUT2D eigenvalue weighted by molar-refractivity contribution is 7.98. The maximum atomic E-state index is 13.6. The van der Waals surface area contributed by atoms with E-state index in [-0.39, 0.29) is 11.9 Å². The van der Waals surface area contributed by atoms with Crippen molar-refractivity contribution in [2.75, 3.05) is 77.2 Å². The molecule has 0 radical (unpaired) electrons. The van der Waals surface area contributed by atoms with Crippen LogP contribution in [0.2, 0.25) is 0 Å². The summed E-state index contributed by atoms with van der Waals surface area (Å²) in [7, 11) is 3.29. The Morgan fingerprint density at radius 2 is 1.39 bits per heavy atom. The number of nitrogens with two attached hydrogens (primary N) is 1. The number of pyridine rings is 1. The van der Waals surface area contributed by atoms with Crippen LogP contribution >= 0.6 is 11.8 Å². The SMILES string of the molecule is COCCOCCC(=O)OC(C)(C)C.COCCOCCCc1cccc(SCc2cccc(C(=O)Nc3ccc(N4CCCCC4)cc3-c3cc(C(N)=O)ccn3)c2)c1.c1ccc2c(c1)CCCC2. The number of methoxy groups -OCH3 is 2. The van der Waals surface area contributed by atoms with E-state index in [0.717, 1.165) is 67.9 Å². The van der Waals surface area contributed by atoms with Crippen molar-refractivity contribution in [2.45, 2.75) is 101 Å². The summed E-state index contributed by atoms with van der Waals surface area (Å²) in [5.74, 6) is -0.217. The minimum atomic E-state index is -0.522. The van der Waals surface area contributed by atoms with Crippen molar-refractivity contribution < 1.29 is 38.1 Å². The summed E-state index contributed by atoms with van der Waals surface area (Å²) in [6.07, 6.45) is 12.7. The Morgan fingerprint density at radius 3 is 2.07 bits per heavy atom. The van der Waals surface area contributed by atoms with Crippen molar-refractivity contribution in [3.05, 3.63) is 143 Å². The zero-order valence-corrected chi connectivity index (χ0v) is 42.8. The van der Waals surface area contributed by atoms with Crippen molar-refractivity contribution in [2.24, 2.45) is 5.73 Å². The van der Waals surface area contributed by atoms with Crippen molar-refractivity contribution >= 4 is 40.9 Å². The van der Waals surface area contributed by atoms with Crippen molar-refractivity contribution in [1.82, 2.24) is 4.98 Å². The molecule has 376 valence electrons. The lowest BCUT2D eigenvalue weighted by molar-refractivity contribution is -0.156. The fourth-order valence-electron chi connectivity index (χ4n) is 7.98. The molecule has 1 fully saturated rings. The number of aryl methyl sites for hydroxylation is 3. The topological polar surface area (TPSA) is 152 Å². The highest BCUT2D eigenvalue weighted by Gasteiger charge is 2.19. The molecular weight excluding hydrogens is 901 g/mol. The number of rotatable bonds is 21. The van der Waals surface area contributed by atoms with Crippen molar-refractivity contribution in [1.29, 1.82) is 0 Å². The molecule has 0 saturated carbocycles. The van der Waals surface area contributed by atoms with Gasteiger partial charge < -0.3 is 39.6 Å². The van der Waals surface area contributed by atoms with Crippen LogP contribution in [0.25, 0.3) is 11.3 Å². The number of ether oxygens (including phenoxy) is 5. The Morgan fingerprint density at radius 1 is 0.700 bits per heavy atom. The van der Waals surface area contributed by atoms with Gasteiger partial charge in [0.1, 0.15) is 5.60 Å². The molecule has 12 nitrogen and oxygen atoms in total. The summed E-state index contributed by atoms with van der Waals surface area (Å²) < 4.78 is 25.6. The zero-order valence-electron chi connectivity index (χ0n) is 42.0. The molecule has 7 rings (SSSR count). The quantitative estimate of drug-likeness (QED) is 0.0411. The Hall–Kier alpha value is -5.57. The van der Waals surface area contributed by atoms with Gasteiger partial charge in [0.2, 0.25) is 5.91 Å². The minimum Gasteiger partial charge on any atom is -0.460 e. The monoisotopic (exact) mass is 975 g/mol. The van der Waals surface area contributed by atoms with E-state index < -0.39 is 11.5 Å². The molecule has 70 heavy (non-hydrogen) atoms. The molecule has 0 unspecified atom stereocenters. The fourth-order valence-corrected chi connectivity index (χ4v) is 8.90. The average Bonchev–Trinajstić information content (AvgIpc) is 3.37. The van der Waals surface area contributed by atoms with Crippen LogP contribution in [0.4, 0.5) is 11.4 Å². The Kier molecular flexibility index (Phi) is 23.9. The van der Waals surface area contributed by atoms with Gasteiger partial charge in [0, 0.05) is 73.1 Å². The molecule has 1 aliphatic carbocycles. The molecule has 2 amide bonds. The van der Waals surface area contributed by atoms with Crippen molar-refractivity contribution in [3.63, 3.8) is 0 Å². The first-order chi connectivity index (χ1) is 33.9. The summed E-state index contributed by atoms with van der Waals surface area (Å²) in [5, 5.41) is 3.11. The molecule has 13 heteroatoms. The number of hydrogen-bond donors (Lipinski definition) is 2. The van der Waals surface area contributed by atoms with Crippen LogP contribution in [0.1, 0.15) is 109 Å². The molecule has 4 aromatic carbocycles. The van der Waals surface area contributed by atoms with Gasteiger partial charge in [-0.25, -0.2) is 0 Å². The number of anilines is 2. The van der Waals surface area contributed by atoms with Crippen LogP contribution in [-0.4, -0.2) is 95.3 Å². The van der Waals surface area contributed by atoms with Crippen LogP contribution < -0.4 is 16.0 Å². The second-order valence-corrected chi connectivity index (χ2v) is 19.3. The smallest absolute Gasteiger partial charge is 0.308 e. The van der Waals surface area contributed by atoms with E-state index in [1.807, 2.05) is 63.2 Å². The Balaban J connectivity index is 0.000000308. The Labute approximate surface area is 420 Å². The number of carbonyl (C=O) groups excluding carboxylic acids is 3. The number of amides is 2. The van der Waals surface area contributed by atoms with Crippen LogP contribution in [0.15, 0.2) is 114 Å². The average molecular weight is 975 g/mol. The van der Waals surface area contributed by atoms with E-state index in [4.69, 9.17) is 29.4 Å². The number of piperidine rings is 1. The lowest BCUT2D eigenvalue weighted by Crippen LogP contribution is -2.29. The molecule has 0 spiro atoms. The molecule has 1 saturated heterocycles. The maximum Gasteiger partial charge on any atom is 0.308 e. The third-order valence-corrected chi connectivity index (χ3v) is 12.6. The van der Waals surface area contributed by atoms with Crippen LogP contribution in [-0.2, 0) is 53.5 Å². The van der Waals surface area contributed by atoms with E-state index in [1.165, 1.54) is 42.6 Å². The summed E-state index contributed by atoms with van der Waals surface area (Å²) in [6, 6.07) is 34.4. The highest BCUT2D eigenvalue weighted by atomic mass is 32.2. The summed E-state index contributed by atoms with van der Waals surface area (Å²) in [6.45, 7) is 10.9. The maximum absolute atomic E-state index is 13.6. The van der Waals surface area contributed by atoms with Gasteiger partial charge in [-0.15, -0.1) is 11.8 Å². The number of benzene rings is 4. The molecule has 2 heterocycles. The number of fused-ring (bicyclic) bond motifs is 1. The van der Waals surface area contributed by atoms with Gasteiger partial charge in [-0.05, 0) is 155 Å². The minimum absolute atomic E-state index is 0.209. The molecule has 2 aliphatic rings. The fraction of sp³-hybridized carbons (Fsp3) is 0.439. The summed E-state index contributed by atoms with van der Waals surface area (Å²) in [4.78, 5) is 44.7. The van der Waals surface area contributed by atoms with Crippen molar-refractivity contribution in [3.8, 4) is 11.3 Å². The van der Waals surface area contributed by atoms with E-state index in [2.05, 4.69) is 63.7 Å². The van der Waals surface area contributed by atoms with E-state index in [0.29, 0.717) is 62.0 Å². The largest absolute Gasteiger partial charge is 0.460 e. The third-order valence-electron chi connectivity index (χ3n) is 11.5. The lowest BCUT2D eigenvalue weighted by atomic mass is 9.92. The van der Waals surface area contributed by atoms with E-state index in [1.54, 1.807) is 55.4 Å². The normalized spacial score (nSPS) is 13.2. The van der Waals surface area contributed by atoms with Crippen LogP contribution in [0, 0.1) is 0 Å². The first-order valence-corrected chi connectivity index (χ1v) is 25.6. The standard InChI is InChI=1S/C37H42N4O4S.C10H20O4.C10H12/c1-44-20-21-45-19-7-10-27-8-6-12-32(23-27)46-26-28-9-5-11-30(22-28)37(43)40-34-14-13-31(41-17-3-2-4-18-41)25-33(34)35-24-29(36(38)42)15-16-39-35;1-10(2,3)14-9(11)5-6-13-8-7-12-4;1-2-6-10-8-4-3-7-9(10)5-1/h5-6,8-9,11-16,22-25H,2-4,7,10,17-21,26H2,1H3,(H2,38,42)(H,40,43);5-8H2,1-4H3;1-2,5-6H,3-4,7-8H2. The molecule has 0 atom stereocenters. The van der Waals surface area contributed by atoms with Crippen LogP contribution in [0.5, 0.6) is 0 Å². The molecule has 1 aromatic heterocycles. The summed E-state index contributed by atoms with van der Waals surface area (Å²) >= 11 is 1.75. The third kappa shape index (κ3) is 20.0. The van der Waals surface area contributed by atoms with E-state index in [9.17, 15) is 14.4 Å². The Bertz CT molecular complexity index is 2360. The summed E-state index contributed by atoms with van der Waals surface area (Å²) in [5.41, 5.74) is 14.6. The molecule has 1 aliphatic heterocycles. The van der Waals surface area contributed by atoms with Gasteiger partial charge in [0.25, 0.3) is 5.91 Å². The number of esters is 1. The number of thioether (sulfide) groups is 1. The predicted octanol–water partition coefficient (Wildman–Crippen LogP) is 10.9. The number of primary amides is 1. The second kappa shape index (κ2) is 30.2. The van der Waals surface area contributed by atoms with Gasteiger partial charge in [0.15, 0.2) is 0 Å². The first kappa shape index (κ1) is 55.4. The highest BCUT2D eigenvalue weighted by Crippen LogP contribution is 2.33. The molecule has 0 bridgehead atoms. The van der Waals surface area contributed by atoms with Gasteiger partial charge in [-0.2, -0.15) is 0 Å². The first-order valence-electron chi connectivity index (χ1n) is 24.6. The van der Waals surface area contributed by atoms with Gasteiger partial charge in [0.05, 0.1) is 50.8 Å². The molecule has 5 aromatic rings. The number of hydrogen-bond acceptors (Lipinski definition) is 11. The molecule has 3 N–H and O–H groups in total. The number of carbonyl (C=O) groups is 3. The predicted molar refractivity (Wildman–Crippen MR) is 282 cm³/mol. The van der Waals surface area contributed by atoms with Crippen LogP contribution in [0.3, 0.4) is 0 Å². The number of aromatic nitrogens is 1. The van der Waals surface area contributed by atoms with Gasteiger partial charge in [-0.3, -0.25) is 19.4 Å². The zero-order chi connectivity index (χ0) is 50.0. The second-order valence-electron chi connectivity index (χ2n) is 18.3. The van der Waals surface area contributed by atoms with Gasteiger partial charge >= 0.3 is 5.97 Å². The molecular formula is C57H74N4O8S. The lowest BCUT2D eigenvalue weighted by Gasteiger charge is -2.29. The van der Waals surface area contributed by atoms with E-state index >= 15 is 0 Å². The van der Waals surface area contributed by atoms with Gasteiger partial charge in [-0.1, -0.05) is 48.5 Å².